The van der Waals surface area contributed by atoms with Crippen LogP contribution in [0.15, 0.2) is 0 Å². The molecule has 0 spiro atoms. The molecule has 0 radical (unpaired) electrons. The average molecular weight is 529 g/mol. The molecule has 0 nitrogen and oxygen atoms in total. The maximum absolute atomic E-state index is 2.34. The molecule has 0 rings (SSSR count). The second kappa shape index (κ2) is 31.1. The van der Waals surface area contributed by atoms with Crippen LogP contribution in [0.1, 0.15) is 182 Å². The molecule has 0 saturated heterocycles. The summed E-state index contributed by atoms with van der Waals surface area (Å²) in [5.74, 6) is 1.69. The molecular weight excluding hydrogens is 458 g/mol. The van der Waals surface area contributed by atoms with Gasteiger partial charge in [-0.15, -0.1) is 15.8 Å². The Morgan fingerprint density at radius 2 is 0.457 bits per heavy atom. The van der Waals surface area contributed by atoms with Crippen LogP contribution in [-0.4, -0.2) is 30.6 Å². The fraction of sp³-hybridized carbons (Fsp3) is 1.00. The van der Waals surface area contributed by atoms with Gasteiger partial charge in [-0.3, -0.25) is 0 Å². The molecule has 0 fully saturated rings. The van der Waals surface area contributed by atoms with Gasteiger partial charge in [-0.25, -0.2) is 0 Å². The zero-order chi connectivity index (χ0) is 25.7. The summed E-state index contributed by atoms with van der Waals surface area (Å²) in [5, 5.41) is 0. The van der Waals surface area contributed by atoms with Crippen molar-refractivity contribution in [3.63, 3.8) is 0 Å². The van der Waals surface area contributed by atoms with Gasteiger partial charge in [0.25, 0.3) is 0 Å². The Kier molecular flexibility index (Phi) is 31.8. The Labute approximate surface area is 227 Å². The fourth-order valence-corrected chi connectivity index (χ4v) is 12.9. The van der Waals surface area contributed by atoms with Crippen LogP contribution >= 0.6 is 15.8 Å². The molecule has 0 amide bonds. The van der Waals surface area contributed by atoms with Crippen LogP contribution in [0.5, 0.6) is 0 Å². The lowest BCUT2D eigenvalue weighted by molar-refractivity contribution is 0.621. The van der Waals surface area contributed by atoms with Gasteiger partial charge >= 0.3 is 0 Å². The van der Waals surface area contributed by atoms with E-state index in [0.717, 1.165) is 0 Å². The second-order valence-electron chi connectivity index (χ2n) is 11.4. The van der Waals surface area contributed by atoms with Crippen LogP contribution in [0.2, 0.25) is 0 Å². The van der Waals surface area contributed by atoms with Gasteiger partial charge in [-0.1, -0.05) is 156 Å². The molecule has 2 heteroatoms. The van der Waals surface area contributed by atoms with Crippen molar-refractivity contribution in [3.05, 3.63) is 0 Å². The predicted octanol–water partition coefficient (Wildman–Crippen LogP) is 13.3. The second-order valence-corrected chi connectivity index (χ2v) is 17.1. The third-order valence-corrected chi connectivity index (χ3v) is 14.7. The summed E-state index contributed by atoms with van der Waals surface area (Å²) in [4.78, 5) is 0. The lowest BCUT2D eigenvalue weighted by Gasteiger charge is -2.25. The largest absolute Gasteiger partial charge is 0.102 e. The third kappa shape index (κ3) is 27.7. The van der Waals surface area contributed by atoms with Crippen LogP contribution in [-0.2, 0) is 0 Å². The van der Waals surface area contributed by atoms with Crippen LogP contribution in [0, 0.1) is 0 Å². The van der Waals surface area contributed by atoms with E-state index in [9.17, 15) is 0 Å². The van der Waals surface area contributed by atoms with Gasteiger partial charge in [-0.2, -0.15) is 0 Å². The number of hydrogen-bond acceptors (Lipinski definition) is 0. The molecule has 0 saturated carbocycles. The fourth-order valence-electron chi connectivity index (χ4n) is 5.25. The van der Waals surface area contributed by atoms with E-state index in [1.807, 2.05) is 0 Å². The van der Waals surface area contributed by atoms with Gasteiger partial charge in [0.1, 0.15) is 0 Å². The average Bonchev–Trinajstić information content (AvgIpc) is 2.87. The summed E-state index contributed by atoms with van der Waals surface area (Å²) in [6, 6.07) is 0. The highest BCUT2D eigenvalue weighted by Gasteiger charge is 2.15. The maximum atomic E-state index is 2.34. The maximum Gasteiger partial charge on any atom is -0.0120 e. The van der Waals surface area contributed by atoms with E-state index in [1.54, 1.807) is 56.2 Å². The van der Waals surface area contributed by atoms with E-state index < -0.39 is 0 Å². The van der Waals surface area contributed by atoms with Crippen LogP contribution in [0.4, 0.5) is 0 Å². The molecule has 0 aliphatic rings. The zero-order valence-electron chi connectivity index (χ0n) is 25.4. The van der Waals surface area contributed by atoms with Crippen molar-refractivity contribution in [2.75, 3.05) is 30.6 Å². The first-order chi connectivity index (χ1) is 17.3. The van der Waals surface area contributed by atoms with E-state index in [2.05, 4.69) is 27.7 Å². The highest BCUT2D eigenvalue weighted by atomic mass is 31.2. The van der Waals surface area contributed by atoms with Crippen LogP contribution in [0.25, 0.3) is 0 Å². The van der Waals surface area contributed by atoms with Crippen LogP contribution < -0.4 is 0 Å². The summed E-state index contributed by atoms with van der Waals surface area (Å²) in [6.07, 6.45) is 41.9. The first-order valence-corrected chi connectivity index (χ1v) is 20.5. The van der Waals surface area contributed by atoms with Gasteiger partial charge in [0.05, 0.1) is 0 Å². The molecule has 212 valence electrons. The minimum absolute atomic E-state index is 0.319. The summed E-state index contributed by atoms with van der Waals surface area (Å²) in [5.41, 5.74) is 0. The molecule has 0 heterocycles. The minimum atomic E-state index is 0.319. The van der Waals surface area contributed by atoms with E-state index in [1.165, 1.54) is 128 Å². The van der Waals surface area contributed by atoms with E-state index in [4.69, 9.17) is 0 Å². The highest BCUT2D eigenvalue weighted by Crippen LogP contribution is 2.53. The molecule has 0 bridgehead atoms. The summed E-state index contributed by atoms with van der Waals surface area (Å²) < 4.78 is 0. The molecule has 0 aliphatic carbocycles. The van der Waals surface area contributed by atoms with Gasteiger partial charge in [0.15, 0.2) is 0 Å². The van der Waals surface area contributed by atoms with E-state index >= 15 is 0 Å². The molecular formula is C33H70P2. The van der Waals surface area contributed by atoms with Crippen molar-refractivity contribution >= 4 is 15.8 Å². The Morgan fingerprint density at radius 1 is 0.257 bits per heavy atom. The van der Waals surface area contributed by atoms with Crippen molar-refractivity contribution in [1.29, 1.82) is 0 Å². The first kappa shape index (κ1) is 35.9. The van der Waals surface area contributed by atoms with E-state index in [0.29, 0.717) is 15.8 Å². The van der Waals surface area contributed by atoms with Gasteiger partial charge in [-0.05, 0) is 56.2 Å². The first-order valence-electron chi connectivity index (χ1n) is 16.7. The molecule has 0 aromatic rings. The van der Waals surface area contributed by atoms with Crippen molar-refractivity contribution in [1.82, 2.24) is 0 Å². The Morgan fingerprint density at radius 3 is 0.686 bits per heavy atom. The highest BCUT2D eigenvalue weighted by molar-refractivity contribution is 7.74. The minimum Gasteiger partial charge on any atom is -0.102 e. The zero-order valence-corrected chi connectivity index (χ0v) is 27.2. The SMILES string of the molecule is CCCCCCCCP(CCCCCCCC)CP(CCCCCCCC)CCCCCCCC. The Bertz CT molecular complexity index is 304. The summed E-state index contributed by atoms with van der Waals surface area (Å²) in [7, 11) is 0.639. The molecule has 35 heavy (non-hydrogen) atoms. The lowest BCUT2D eigenvalue weighted by atomic mass is 10.1. The number of rotatable bonds is 30. The third-order valence-electron chi connectivity index (χ3n) is 7.71. The summed E-state index contributed by atoms with van der Waals surface area (Å²) in [6.45, 7) is 9.37. The van der Waals surface area contributed by atoms with Gasteiger partial charge in [0.2, 0.25) is 0 Å². The van der Waals surface area contributed by atoms with Crippen LogP contribution in [0.3, 0.4) is 0 Å². The number of hydrogen-bond donors (Lipinski definition) is 0. The topological polar surface area (TPSA) is 0 Å². The molecule has 0 unspecified atom stereocenters. The summed E-state index contributed by atoms with van der Waals surface area (Å²) >= 11 is 0. The molecule has 0 aromatic heterocycles. The quantitative estimate of drug-likeness (QED) is 0.0642. The van der Waals surface area contributed by atoms with Crippen molar-refractivity contribution < 1.29 is 0 Å². The monoisotopic (exact) mass is 528 g/mol. The Hall–Kier alpha value is 0.860. The molecule has 0 atom stereocenters. The smallest absolute Gasteiger partial charge is 0.0120 e. The van der Waals surface area contributed by atoms with E-state index in [-0.39, 0.29) is 0 Å². The predicted molar refractivity (Wildman–Crippen MR) is 172 cm³/mol. The lowest BCUT2D eigenvalue weighted by Crippen LogP contribution is -2.01. The van der Waals surface area contributed by atoms with Crippen molar-refractivity contribution in [3.8, 4) is 0 Å². The number of unbranched alkanes of at least 4 members (excludes halogenated alkanes) is 20. The Balaban J connectivity index is 4.58. The van der Waals surface area contributed by atoms with Gasteiger partial charge in [0, 0.05) is 0 Å². The molecule has 0 aromatic carbocycles. The van der Waals surface area contributed by atoms with Crippen molar-refractivity contribution in [2.24, 2.45) is 0 Å². The van der Waals surface area contributed by atoms with Crippen molar-refractivity contribution in [2.45, 2.75) is 182 Å². The molecule has 0 N–H and O–H groups in total. The normalized spacial score (nSPS) is 11.8. The standard InChI is InChI=1S/C33H70P2/c1-5-9-13-17-21-25-29-34(30-26-22-18-14-10-6-2)33-35(31-27-23-19-15-11-7-3)32-28-24-20-16-12-8-4/h5-33H2,1-4H3. The van der Waals surface area contributed by atoms with Gasteiger partial charge < -0.3 is 0 Å². The molecule has 0 aliphatic heterocycles.